The van der Waals surface area contributed by atoms with Gasteiger partial charge in [-0.05, 0) is 34.4 Å². The van der Waals surface area contributed by atoms with Gasteiger partial charge in [-0.1, -0.05) is 121 Å². The number of nitro groups is 2. The minimum atomic E-state index is -0.597. The lowest BCUT2D eigenvalue weighted by molar-refractivity contribution is -0.386. The average molecular weight is 669 g/mol. The van der Waals surface area contributed by atoms with Crippen LogP contribution in [0, 0.1) is 20.2 Å². The highest BCUT2D eigenvalue weighted by molar-refractivity contribution is 5.85. The van der Waals surface area contributed by atoms with Crippen molar-refractivity contribution in [2.75, 3.05) is 0 Å². The number of benzene rings is 6. The van der Waals surface area contributed by atoms with E-state index in [-0.39, 0.29) is 60.6 Å². The fourth-order valence-corrected chi connectivity index (χ4v) is 5.22. The van der Waals surface area contributed by atoms with Crippen LogP contribution >= 0.6 is 0 Å². The van der Waals surface area contributed by atoms with Crippen molar-refractivity contribution in [3.05, 3.63) is 188 Å². The molecular weight excluding hydrogens is 636 g/mol. The van der Waals surface area contributed by atoms with Crippen LogP contribution in [0.15, 0.2) is 146 Å². The molecule has 0 unspecified atom stereocenters. The molecule has 0 N–H and O–H groups in total. The normalized spacial score (nSPS) is 10.6. The molecule has 250 valence electrons. The molecule has 0 amide bonds. The Hall–Kier alpha value is -6.68. The van der Waals surface area contributed by atoms with Gasteiger partial charge in [-0.2, -0.15) is 0 Å². The molecule has 0 aliphatic rings. The van der Waals surface area contributed by atoms with Crippen molar-refractivity contribution in [1.82, 2.24) is 0 Å². The van der Waals surface area contributed by atoms with Gasteiger partial charge in [0.1, 0.15) is 26.4 Å². The molecule has 0 spiro atoms. The quantitative estimate of drug-likeness (QED) is 0.0783. The van der Waals surface area contributed by atoms with Crippen molar-refractivity contribution in [2.24, 2.45) is 0 Å². The number of hydrogen-bond acceptors (Lipinski definition) is 8. The van der Waals surface area contributed by atoms with Gasteiger partial charge in [-0.15, -0.1) is 0 Å². The molecule has 0 heterocycles. The fraction of sp³-hybridized carbons (Fsp3) is 0.100. The standard InChI is InChI=1S/C40H32N2O8/c43-41(44)35-23-39(49-27-31-17-9-3-10-18-31)37(47-25-29-13-5-1-6-14-29)21-33(35)34-22-38(48-26-30-15-7-2-8-16-30)40(24-36(34)42(45)46)50-28-32-19-11-4-12-20-32/h1-24H,25-28H2. The van der Waals surface area contributed by atoms with Crippen molar-refractivity contribution in [3.63, 3.8) is 0 Å². The van der Waals surface area contributed by atoms with E-state index in [2.05, 4.69) is 0 Å². The van der Waals surface area contributed by atoms with Crippen LogP contribution in [0.4, 0.5) is 11.4 Å². The predicted molar refractivity (Wildman–Crippen MR) is 188 cm³/mol. The second-order valence-electron chi connectivity index (χ2n) is 11.2. The highest BCUT2D eigenvalue weighted by Gasteiger charge is 2.29. The van der Waals surface area contributed by atoms with Gasteiger partial charge in [0.2, 0.25) is 0 Å². The van der Waals surface area contributed by atoms with Gasteiger partial charge in [-0.25, -0.2) is 0 Å². The number of ether oxygens (including phenoxy) is 4. The van der Waals surface area contributed by atoms with Gasteiger partial charge < -0.3 is 18.9 Å². The van der Waals surface area contributed by atoms with Gasteiger partial charge in [-0.3, -0.25) is 20.2 Å². The van der Waals surface area contributed by atoms with E-state index in [0.717, 1.165) is 22.3 Å². The van der Waals surface area contributed by atoms with Crippen LogP contribution < -0.4 is 18.9 Å². The first kappa shape index (κ1) is 33.2. The highest BCUT2D eigenvalue weighted by Crippen LogP contribution is 2.47. The molecule has 0 fully saturated rings. The Balaban J connectivity index is 1.45. The number of nitrogens with zero attached hydrogens (tertiary/aromatic N) is 2. The molecule has 50 heavy (non-hydrogen) atoms. The molecule has 0 atom stereocenters. The van der Waals surface area contributed by atoms with E-state index in [1.807, 2.05) is 121 Å². The Morgan fingerprint density at radius 2 is 0.620 bits per heavy atom. The summed E-state index contributed by atoms with van der Waals surface area (Å²) in [4.78, 5) is 24.0. The Labute approximate surface area is 288 Å². The molecule has 0 bridgehead atoms. The van der Waals surface area contributed by atoms with E-state index in [1.165, 1.54) is 24.3 Å². The molecule has 0 saturated heterocycles. The number of rotatable bonds is 15. The number of hydrogen-bond donors (Lipinski definition) is 0. The first-order valence-corrected chi connectivity index (χ1v) is 15.8. The van der Waals surface area contributed by atoms with Crippen molar-refractivity contribution >= 4 is 11.4 Å². The molecule has 0 aliphatic heterocycles. The molecule has 0 aromatic heterocycles. The minimum absolute atomic E-state index is 0.0454. The summed E-state index contributed by atoms with van der Waals surface area (Å²) in [6.45, 7) is 0.480. The second kappa shape index (κ2) is 15.9. The Bertz CT molecular complexity index is 1910. The summed E-state index contributed by atoms with van der Waals surface area (Å²) >= 11 is 0. The van der Waals surface area contributed by atoms with Crippen molar-refractivity contribution in [1.29, 1.82) is 0 Å². The molecular formula is C40H32N2O8. The van der Waals surface area contributed by atoms with E-state index < -0.39 is 21.2 Å². The zero-order valence-electron chi connectivity index (χ0n) is 26.8. The van der Waals surface area contributed by atoms with E-state index in [4.69, 9.17) is 18.9 Å². The first-order chi connectivity index (χ1) is 24.4. The second-order valence-corrected chi connectivity index (χ2v) is 11.2. The first-order valence-electron chi connectivity index (χ1n) is 15.8. The monoisotopic (exact) mass is 668 g/mol. The third-order valence-corrected chi connectivity index (χ3v) is 7.76. The third-order valence-electron chi connectivity index (χ3n) is 7.76. The summed E-state index contributed by atoms with van der Waals surface area (Å²) < 4.78 is 24.5. The highest BCUT2D eigenvalue weighted by atomic mass is 16.6. The summed E-state index contributed by atoms with van der Waals surface area (Å²) in [5, 5.41) is 25.2. The maximum absolute atomic E-state index is 12.6. The minimum Gasteiger partial charge on any atom is -0.485 e. The zero-order valence-corrected chi connectivity index (χ0v) is 26.8. The van der Waals surface area contributed by atoms with E-state index in [0.29, 0.717) is 0 Å². The zero-order chi connectivity index (χ0) is 34.7. The van der Waals surface area contributed by atoms with Crippen LogP contribution in [-0.2, 0) is 26.4 Å². The number of nitro benzene ring substituents is 2. The summed E-state index contributed by atoms with van der Waals surface area (Å²) in [7, 11) is 0. The van der Waals surface area contributed by atoms with Crippen LogP contribution in [0.1, 0.15) is 22.3 Å². The average Bonchev–Trinajstić information content (AvgIpc) is 3.16. The van der Waals surface area contributed by atoms with Gasteiger partial charge in [0, 0.05) is 0 Å². The lowest BCUT2D eigenvalue weighted by atomic mass is 10.00. The van der Waals surface area contributed by atoms with Crippen LogP contribution in [0.2, 0.25) is 0 Å². The van der Waals surface area contributed by atoms with Crippen LogP contribution in [-0.4, -0.2) is 9.85 Å². The maximum Gasteiger partial charge on any atom is 0.281 e. The van der Waals surface area contributed by atoms with E-state index in [9.17, 15) is 20.2 Å². The molecule has 10 heteroatoms. The van der Waals surface area contributed by atoms with Gasteiger partial charge in [0.05, 0.1) is 33.1 Å². The van der Waals surface area contributed by atoms with Gasteiger partial charge in [0.25, 0.3) is 11.4 Å². The largest absolute Gasteiger partial charge is 0.485 e. The molecule has 6 aromatic carbocycles. The summed E-state index contributed by atoms with van der Waals surface area (Å²) in [5.74, 6) is 0.587. The van der Waals surface area contributed by atoms with Crippen molar-refractivity contribution in [3.8, 4) is 34.1 Å². The van der Waals surface area contributed by atoms with Crippen molar-refractivity contribution < 1.29 is 28.8 Å². The molecule has 6 rings (SSSR count). The lowest BCUT2D eigenvalue weighted by Gasteiger charge is -2.17. The third kappa shape index (κ3) is 8.42. The Morgan fingerprint density at radius 3 is 0.860 bits per heavy atom. The molecule has 0 radical (unpaired) electrons. The Morgan fingerprint density at radius 1 is 0.380 bits per heavy atom. The molecule has 10 nitrogen and oxygen atoms in total. The van der Waals surface area contributed by atoms with Crippen molar-refractivity contribution in [2.45, 2.75) is 26.4 Å². The predicted octanol–water partition coefficient (Wildman–Crippen LogP) is 9.49. The maximum atomic E-state index is 12.6. The van der Waals surface area contributed by atoms with E-state index in [1.54, 1.807) is 0 Å². The Kier molecular flexibility index (Phi) is 10.6. The fourth-order valence-electron chi connectivity index (χ4n) is 5.22. The van der Waals surface area contributed by atoms with E-state index >= 15 is 0 Å². The van der Waals surface area contributed by atoms with Gasteiger partial charge >= 0.3 is 0 Å². The van der Waals surface area contributed by atoms with Crippen LogP contribution in [0.5, 0.6) is 23.0 Å². The molecule has 0 aliphatic carbocycles. The summed E-state index contributed by atoms with van der Waals surface area (Å²) in [6.07, 6.45) is 0. The molecule has 0 saturated carbocycles. The summed E-state index contributed by atoms with van der Waals surface area (Å²) in [5.41, 5.74) is 2.48. The topological polar surface area (TPSA) is 123 Å². The smallest absolute Gasteiger partial charge is 0.281 e. The van der Waals surface area contributed by atoms with Crippen LogP contribution in [0.25, 0.3) is 11.1 Å². The lowest BCUT2D eigenvalue weighted by Crippen LogP contribution is -2.05. The SMILES string of the molecule is O=[N+]([O-])c1cc(OCc2ccccc2)c(OCc2ccccc2)cc1-c1cc(OCc2ccccc2)c(OCc2ccccc2)cc1[N+](=O)[O-]. The van der Waals surface area contributed by atoms with Crippen LogP contribution in [0.3, 0.4) is 0 Å². The molecule has 6 aromatic rings. The summed E-state index contributed by atoms with van der Waals surface area (Å²) in [6, 6.07) is 42.8. The van der Waals surface area contributed by atoms with Gasteiger partial charge in [0.15, 0.2) is 23.0 Å².